The highest BCUT2D eigenvalue weighted by Crippen LogP contribution is 2.26. The molecule has 0 aliphatic carbocycles. The molecule has 1 aliphatic heterocycles. The summed E-state index contributed by atoms with van der Waals surface area (Å²) in [6.45, 7) is 5.93. The molecule has 1 atom stereocenters. The molecule has 0 spiro atoms. The molecule has 0 radical (unpaired) electrons. The highest BCUT2D eigenvalue weighted by molar-refractivity contribution is 7.98. The van der Waals surface area contributed by atoms with Crippen LogP contribution >= 0.6 is 23.4 Å². The molecular weight excluding hydrogens is 360 g/mol. The van der Waals surface area contributed by atoms with Crippen LogP contribution in [-0.2, 0) is 9.53 Å². The molecule has 1 saturated heterocycles. The molecule has 1 aromatic rings. The van der Waals surface area contributed by atoms with Crippen molar-refractivity contribution in [3.8, 4) is 0 Å². The van der Waals surface area contributed by atoms with Gasteiger partial charge < -0.3 is 9.64 Å². The third-order valence-corrected chi connectivity index (χ3v) is 4.72. The number of ether oxygens (including phenoxy) is 1. The number of carbonyl (C=O) groups is 2. The Morgan fingerprint density at radius 3 is 2.72 bits per heavy atom. The van der Waals surface area contributed by atoms with Crippen LogP contribution in [0.15, 0.2) is 24.3 Å². The molecule has 0 aromatic heterocycles. The van der Waals surface area contributed by atoms with Gasteiger partial charge in [0.2, 0.25) is 5.91 Å². The summed E-state index contributed by atoms with van der Waals surface area (Å²) in [6.07, 6.45) is 2.39. The number of piperazine rings is 1. The Hall–Kier alpha value is -1.40. The maximum absolute atomic E-state index is 12.6. The summed E-state index contributed by atoms with van der Waals surface area (Å²) >= 11 is 7.78. The molecule has 0 unspecified atom stereocenters. The number of benzene rings is 1. The van der Waals surface area contributed by atoms with Gasteiger partial charge in [0.05, 0.1) is 6.04 Å². The fraction of sp³-hybridized carbons (Fsp3) is 0.556. The van der Waals surface area contributed by atoms with Crippen LogP contribution in [0.4, 0.5) is 10.5 Å². The number of nitrogens with zero attached hydrogens (tertiary/aromatic N) is 2. The summed E-state index contributed by atoms with van der Waals surface area (Å²) in [4.78, 5) is 28.4. The number of hydrogen-bond acceptors (Lipinski definition) is 4. The fourth-order valence-corrected chi connectivity index (χ4v) is 3.39. The molecule has 2 amide bonds. The smallest absolute Gasteiger partial charge is 0.411 e. The molecule has 2 rings (SSSR count). The number of halogens is 1. The van der Waals surface area contributed by atoms with Gasteiger partial charge in [0.25, 0.3) is 0 Å². The molecule has 138 valence electrons. The van der Waals surface area contributed by atoms with E-state index in [2.05, 4.69) is 0 Å². The van der Waals surface area contributed by atoms with Crippen molar-refractivity contribution in [1.82, 2.24) is 4.90 Å². The van der Waals surface area contributed by atoms with Crippen molar-refractivity contribution in [2.45, 2.75) is 38.8 Å². The Morgan fingerprint density at radius 1 is 1.40 bits per heavy atom. The highest BCUT2D eigenvalue weighted by atomic mass is 35.5. The van der Waals surface area contributed by atoms with E-state index in [-0.39, 0.29) is 18.5 Å². The Labute approximate surface area is 158 Å². The van der Waals surface area contributed by atoms with Crippen molar-refractivity contribution < 1.29 is 14.3 Å². The van der Waals surface area contributed by atoms with Crippen molar-refractivity contribution >= 4 is 41.1 Å². The lowest BCUT2D eigenvalue weighted by Gasteiger charge is -2.41. The van der Waals surface area contributed by atoms with Crippen LogP contribution in [0.5, 0.6) is 0 Å². The normalized spacial score (nSPS) is 18.4. The van der Waals surface area contributed by atoms with Crippen molar-refractivity contribution in [3.05, 3.63) is 29.3 Å². The number of amides is 2. The van der Waals surface area contributed by atoms with E-state index in [4.69, 9.17) is 16.3 Å². The number of rotatable bonds is 4. The van der Waals surface area contributed by atoms with Gasteiger partial charge in [-0.3, -0.25) is 9.69 Å². The van der Waals surface area contributed by atoms with E-state index in [1.54, 1.807) is 33.7 Å². The van der Waals surface area contributed by atoms with E-state index in [0.717, 1.165) is 17.9 Å². The molecule has 0 bridgehead atoms. The van der Waals surface area contributed by atoms with Gasteiger partial charge in [-0.1, -0.05) is 17.7 Å². The molecule has 1 aliphatic rings. The zero-order chi connectivity index (χ0) is 18.6. The summed E-state index contributed by atoms with van der Waals surface area (Å²) < 4.78 is 5.48. The Bertz CT molecular complexity index is 633. The predicted molar refractivity (Wildman–Crippen MR) is 104 cm³/mol. The van der Waals surface area contributed by atoms with Gasteiger partial charge in [0.1, 0.15) is 12.1 Å². The maximum atomic E-state index is 12.6. The topological polar surface area (TPSA) is 49.9 Å². The van der Waals surface area contributed by atoms with Crippen molar-refractivity contribution in [3.63, 3.8) is 0 Å². The number of carbonyl (C=O) groups excluding carboxylic acids is 2. The van der Waals surface area contributed by atoms with Crippen molar-refractivity contribution in [1.29, 1.82) is 0 Å². The van der Waals surface area contributed by atoms with Crippen LogP contribution in [0.25, 0.3) is 0 Å². The van der Waals surface area contributed by atoms with E-state index in [1.165, 1.54) is 0 Å². The summed E-state index contributed by atoms with van der Waals surface area (Å²) in [5, 5.41) is 0.584. The van der Waals surface area contributed by atoms with E-state index < -0.39 is 11.7 Å². The average Bonchev–Trinajstić information content (AvgIpc) is 2.51. The lowest BCUT2D eigenvalue weighted by atomic mass is 10.1. The standard InChI is InChI=1S/C18H25ClN2O3S/c1-18(2,3)24-17(23)21-12-16(22)20(11-15(21)8-9-25-4)14-7-5-6-13(19)10-14/h5-7,10,15H,8-9,11-12H2,1-4H3/t15-/m0/s1. The zero-order valence-corrected chi connectivity index (χ0v) is 16.7. The third kappa shape index (κ3) is 5.54. The largest absolute Gasteiger partial charge is 0.444 e. The second-order valence-electron chi connectivity index (χ2n) is 7.03. The molecule has 1 heterocycles. The van der Waals surface area contributed by atoms with Gasteiger partial charge in [-0.25, -0.2) is 4.79 Å². The third-order valence-electron chi connectivity index (χ3n) is 3.84. The Balaban J connectivity index is 2.20. The minimum atomic E-state index is -0.589. The second kappa shape index (κ2) is 8.32. The molecular formula is C18H25ClN2O3S. The van der Waals surface area contributed by atoms with Crippen molar-refractivity contribution in [2.24, 2.45) is 0 Å². The summed E-state index contributed by atoms with van der Waals surface area (Å²) in [6, 6.07) is 7.14. The van der Waals surface area contributed by atoms with E-state index in [0.29, 0.717) is 11.6 Å². The summed E-state index contributed by atoms with van der Waals surface area (Å²) in [7, 11) is 0. The van der Waals surface area contributed by atoms with Gasteiger partial charge >= 0.3 is 6.09 Å². The second-order valence-corrected chi connectivity index (χ2v) is 8.45. The minimum absolute atomic E-state index is 0.0144. The van der Waals surface area contributed by atoms with Gasteiger partial charge in [-0.2, -0.15) is 11.8 Å². The number of hydrogen-bond donors (Lipinski definition) is 0. The van der Waals surface area contributed by atoms with Gasteiger partial charge in [0.15, 0.2) is 0 Å². The van der Waals surface area contributed by atoms with E-state index in [9.17, 15) is 9.59 Å². The molecule has 25 heavy (non-hydrogen) atoms. The first-order valence-corrected chi connectivity index (χ1v) is 10.0. The monoisotopic (exact) mass is 384 g/mol. The lowest BCUT2D eigenvalue weighted by Crippen LogP contribution is -2.59. The fourth-order valence-electron chi connectivity index (χ4n) is 2.70. The first-order valence-electron chi connectivity index (χ1n) is 8.26. The minimum Gasteiger partial charge on any atom is -0.444 e. The van der Waals surface area contributed by atoms with Crippen molar-refractivity contribution in [2.75, 3.05) is 30.0 Å². The van der Waals surface area contributed by atoms with E-state index >= 15 is 0 Å². The van der Waals surface area contributed by atoms with Gasteiger partial charge in [0, 0.05) is 17.3 Å². The van der Waals surface area contributed by atoms with E-state index in [1.807, 2.05) is 39.2 Å². The first-order chi connectivity index (χ1) is 11.7. The van der Waals surface area contributed by atoms with Gasteiger partial charge in [-0.05, 0) is 57.4 Å². The highest BCUT2D eigenvalue weighted by Gasteiger charge is 2.37. The molecule has 0 N–H and O–H groups in total. The summed E-state index contributed by atoms with van der Waals surface area (Å²) in [5.74, 6) is 0.773. The molecule has 1 aromatic carbocycles. The molecule has 5 nitrogen and oxygen atoms in total. The number of anilines is 1. The van der Waals surface area contributed by atoms with Crippen LogP contribution in [0.1, 0.15) is 27.2 Å². The molecule has 0 saturated carbocycles. The molecule has 1 fully saturated rings. The maximum Gasteiger partial charge on any atom is 0.411 e. The number of thioether (sulfide) groups is 1. The quantitative estimate of drug-likeness (QED) is 0.785. The SMILES string of the molecule is CSCC[C@H]1CN(c2cccc(Cl)c2)C(=O)CN1C(=O)OC(C)(C)C. The lowest BCUT2D eigenvalue weighted by molar-refractivity contribution is -0.122. The van der Waals surface area contributed by atoms with Gasteiger partial charge in [-0.15, -0.1) is 0 Å². The molecule has 7 heteroatoms. The van der Waals surface area contributed by atoms with Crippen LogP contribution < -0.4 is 4.90 Å². The van der Waals surface area contributed by atoms with Crippen LogP contribution in [-0.4, -0.2) is 53.6 Å². The summed E-state index contributed by atoms with van der Waals surface area (Å²) in [5.41, 5.74) is 0.171. The zero-order valence-electron chi connectivity index (χ0n) is 15.1. The Morgan fingerprint density at radius 2 is 2.12 bits per heavy atom. The average molecular weight is 385 g/mol. The van der Waals surface area contributed by atoms with Crippen LogP contribution in [0.3, 0.4) is 0 Å². The van der Waals surface area contributed by atoms with Crippen LogP contribution in [0.2, 0.25) is 5.02 Å². The Kier molecular flexibility index (Phi) is 6.63. The first kappa shape index (κ1) is 19.9. The predicted octanol–water partition coefficient (Wildman–Crippen LogP) is 4.05. The van der Waals surface area contributed by atoms with Crippen LogP contribution in [0, 0.1) is 0 Å².